The van der Waals surface area contributed by atoms with Crippen LogP contribution in [0.5, 0.6) is 0 Å². The maximum Gasteiger partial charge on any atom is 0.144 e. The number of carbonyl (C=O) groups is 1. The number of aliphatic hydroxyl groups is 1. The molecule has 1 aromatic heterocycles. The lowest BCUT2D eigenvalue weighted by Gasteiger charge is -2.59. The van der Waals surface area contributed by atoms with E-state index in [0.29, 0.717) is 35.9 Å². The van der Waals surface area contributed by atoms with Crippen LogP contribution in [0.15, 0.2) is 24.0 Å². The third kappa shape index (κ3) is 2.31. The summed E-state index contributed by atoms with van der Waals surface area (Å²) in [6.07, 6.45) is 11.8. The van der Waals surface area contributed by atoms with Crippen LogP contribution in [-0.4, -0.2) is 27.0 Å². The van der Waals surface area contributed by atoms with Crippen molar-refractivity contribution >= 4 is 5.78 Å². The molecule has 0 aromatic carbocycles. The molecule has 4 nitrogen and oxygen atoms in total. The van der Waals surface area contributed by atoms with Gasteiger partial charge in [-0.05, 0) is 66.6 Å². The largest absolute Gasteiger partial charge is 0.393 e. The molecule has 3 saturated carbocycles. The summed E-state index contributed by atoms with van der Waals surface area (Å²) < 4.78 is 0. The molecule has 4 aliphatic carbocycles. The number of hydrogen-bond acceptors (Lipinski definition) is 3. The molecule has 5 rings (SSSR count). The Morgan fingerprint density at radius 1 is 1.19 bits per heavy atom. The lowest BCUT2D eigenvalue weighted by molar-refractivity contribution is -0.119. The third-order valence-electron chi connectivity index (χ3n) is 9.04. The molecule has 3 unspecified atom stereocenters. The SMILES string of the molecule is CC1C=C2CC(O)CC[C@]2(C)[C@@H]2CC[C@]3(C)C(c4ncc[nH]4)C(=O)C[C@H]3[C@H]12. The number of allylic oxidation sites excluding steroid dienone is 1. The van der Waals surface area contributed by atoms with E-state index in [2.05, 4.69) is 36.8 Å². The van der Waals surface area contributed by atoms with Crippen LogP contribution in [0.3, 0.4) is 0 Å². The Balaban J connectivity index is 1.55. The van der Waals surface area contributed by atoms with E-state index in [9.17, 15) is 9.90 Å². The van der Waals surface area contributed by atoms with Gasteiger partial charge in [0, 0.05) is 18.8 Å². The molecular formula is C23H32N2O2. The van der Waals surface area contributed by atoms with Crippen molar-refractivity contribution in [2.75, 3.05) is 0 Å². The van der Waals surface area contributed by atoms with Crippen molar-refractivity contribution < 1.29 is 9.90 Å². The van der Waals surface area contributed by atoms with Crippen LogP contribution in [0, 0.1) is 34.5 Å². The number of nitrogens with zero attached hydrogens (tertiary/aromatic N) is 1. The average Bonchev–Trinajstić information content (AvgIpc) is 3.21. The van der Waals surface area contributed by atoms with Crippen LogP contribution in [-0.2, 0) is 4.79 Å². The number of hydrogen-bond donors (Lipinski definition) is 2. The lowest BCUT2D eigenvalue weighted by Crippen LogP contribution is -2.52. The second-order valence-electron chi connectivity index (χ2n) is 10.3. The molecule has 0 bridgehead atoms. The number of fused-ring (bicyclic) bond motifs is 5. The zero-order valence-electron chi connectivity index (χ0n) is 16.7. The van der Waals surface area contributed by atoms with E-state index in [1.807, 2.05) is 6.20 Å². The second kappa shape index (κ2) is 5.79. The van der Waals surface area contributed by atoms with Gasteiger partial charge < -0.3 is 10.1 Å². The molecular weight excluding hydrogens is 336 g/mol. The first-order chi connectivity index (χ1) is 12.8. The fraction of sp³-hybridized carbons (Fsp3) is 0.739. The van der Waals surface area contributed by atoms with Crippen molar-refractivity contribution in [1.29, 1.82) is 0 Å². The number of aliphatic hydroxyl groups excluding tert-OH is 1. The molecule has 0 spiro atoms. The van der Waals surface area contributed by atoms with Crippen LogP contribution < -0.4 is 0 Å². The Labute approximate surface area is 161 Å². The van der Waals surface area contributed by atoms with Gasteiger partial charge in [0.25, 0.3) is 0 Å². The summed E-state index contributed by atoms with van der Waals surface area (Å²) in [4.78, 5) is 20.8. The average molecular weight is 369 g/mol. The summed E-state index contributed by atoms with van der Waals surface area (Å²) in [5.74, 6) is 3.31. The molecule has 0 saturated heterocycles. The number of rotatable bonds is 1. The third-order valence-corrected chi connectivity index (χ3v) is 9.04. The predicted molar refractivity (Wildman–Crippen MR) is 104 cm³/mol. The quantitative estimate of drug-likeness (QED) is 0.729. The Kier molecular flexibility index (Phi) is 3.79. The lowest BCUT2D eigenvalue weighted by atomic mass is 9.45. The molecule has 0 amide bonds. The molecule has 27 heavy (non-hydrogen) atoms. The zero-order chi connectivity index (χ0) is 19.0. The maximum absolute atomic E-state index is 13.1. The van der Waals surface area contributed by atoms with E-state index in [0.717, 1.165) is 31.5 Å². The van der Waals surface area contributed by atoms with Gasteiger partial charge in [0.15, 0.2) is 0 Å². The molecule has 1 heterocycles. The van der Waals surface area contributed by atoms with Crippen molar-refractivity contribution in [3.05, 3.63) is 29.9 Å². The van der Waals surface area contributed by atoms with Crippen molar-refractivity contribution in [2.24, 2.45) is 34.5 Å². The molecule has 3 fully saturated rings. The number of H-pyrrole nitrogens is 1. The van der Waals surface area contributed by atoms with Crippen LogP contribution in [0.25, 0.3) is 0 Å². The highest BCUT2D eigenvalue weighted by Gasteiger charge is 2.63. The topological polar surface area (TPSA) is 66.0 Å². The van der Waals surface area contributed by atoms with E-state index < -0.39 is 0 Å². The number of aromatic amines is 1. The minimum absolute atomic E-state index is 0.0141. The highest BCUT2D eigenvalue weighted by atomic mass is 16.3. The number of aromatic nitrogens is 2. The van der Waals surface area contributed by atoms with E-state index in [4.69, 9.17) is 0 Å². The molecule has 0 aliphatic heterocycles. The molecule has 2 N–H and O–H groups in total. The number of carbonyl (C=O) groups excluding carboxylic acids is 1. The first kappa shape index (κ1) is 17.7. The van der Waals surface area contributed by atoms with Crippen molar-refractivity contribution in [2.45, 2.75) is 71.3 Å². The fourth-order valence-electron chi connectivity index (χ4n) is 7.70. The molecule has 1 aromatic rings. The number of Topliss-reactive ketones (excluding diaryl/α,β-unsaturated/α-hetero) is 1. The van der Waals surface area contributed by atoms with E-state index in [1.54, 1.807) is 6.20 Å². The predicted octanol–water partition coefficient (Wildman–Crippen LogP) is 4.24. The van der Waals surface area contributed by atoms with Gasteiger partial charge in [-0.3, -0.25) is 4.79 Å². The summed E-state index contributed by atoms with van der Waals surface area (Å²) in [6.45, 7) is 7.14. The fourth-order valence-corrected chi connectivity index (χ4v) is 7.70. The van der Waals surface area contributed by atoms with Gasteiger partial charge in [-0.25, -0.2) is 4.98 Å². The van der Waals surface area contributed by atoms with Crippen LogP contribution >= 0.6 is 0 Å². The summed E-state index contributed by atoms with van der Waals surface area (Å²) >= 11 is 0. The summed E-state index contributed by atoms with van der Waals surface area (Å²) in [6, 6.07) is 0. The van der Waals surface area contributed by atoms with Gasteiger partial charge in [-0.1, -0.05) is 32.4 Å². The summed E-state index contributed by atoms with van der Waals surface area (Å²) in [5.41, 5.74) is 1.72. The van der Waals surface area contributed by atoms with Gasteiger partial charge >= 0.3 is 0 Å². The molecule has 146 valence electrons. The minimum Gasteiger partial charge on any atom is -0.393 e. The molecule has 0 radical (unpaired) electrons. The van der Waals surface area contributed by atoms with Crippen LogP contribution in [0.1, 0.15) is 71.0 Å². The van der Waals surface area contributed by atoms with Crippen LogP contribution in [0.4, 0.5) is 0 Å². The first-order valence-electron chi connectivity index (χ1n) is 10.8. The highest BCUT2D eigenvalue weighted by Crippen LogP contribution is 2.67. The van der Waals surface area contributed by atoms with Gasteiger partial charge in [0.2, 0.25) is 0 Å². The van der Waals surface area contributed by atoms with Gasteiger partial charge in [-0.2, -0.15) is 0 Å². The number of ketones is 1. The van der Waals surface area contributed by atoms with E-state index >= 15 is 0 Å². The number of nitrogens with one attached hydrogen (secondary N) is 1. The Hall–Kier alpha value is -1.42. The van der Waals surface area contributed by atoms with Crippen molar-refractivity contribution in [3.63, 3.8) is 0 Å². The van der Waals surface area contributed by atoms with Gasteiger partial charge in [0.05, 0.1) is 12.0 Å². The normalized spacial score (nSPS) is 49.2. The Bertz CT molecular complexity index is 784. The maximum atomic E-state index is 13.1. The van der Waals surface area contributed by atoms with Gasteiger partial charge in [0.1, 0.15) is 11.6 Å². The standard InChI is InChI=1S/C23H32N2O2/c1-13-10-14-11-15(26)4-6-22(14,2)16-5-7-23(3)17(19(13)16)12-18(27)20(23)21-24-8-9-25-21/h8-10,13,15-17,19-20,26H,4-7,11-12H2,1-3H3,(H,24,25)/t13?,15?,16-,17+,19-,20?,22+,23+/m1/s1. The van der Waals surface area contributed by atoms with Crippen LogP contribution in [0.2, 0.25) is 0 Å². The monoisotopic (exact) mass is 368 g/mol. The molecule has 8 atom stereocenters. The van der Waals surface area contributed by atoms with E-state index in [-0.39, 0.29) is 22.9 Å². The van der Waals surface area contributed by atoms with E-state index in [1.165, 1.54) is 12.0 Å². The minimum atomic E-state index is -0.168. The first-order valence-corrected chi connectivity index (χ1v) is 10.8. The smallest absolute Gasteiger partial charge is 0.144 e. The Morgan fingerprint density at radius 3 is 2.74 bits per heavy atom. The van der Waals surface area contributed by atoms with Crippen molar-refractivity contribution in [1.82, 2.24) is 9.97 Å². The second-order valence-corrected chi connectivity index (χ2v) is 10.3. The summed E-state index contributed by atoms with van der Waals surface area (Å²) in [7, 11) is 0. The molecule has 4 aliphatic rings. The molecule has 4 heteroatoms. The van der Waals surface area contributed by atoms with Crippen molar-refractivity contribution in [3.8, 4) is 0 Å². The summed E-state index contributed by atoms with van der Waals surface area (Å²) in [5, 5.41) is 10.2. The highest BCUT2D eigenvalue weighted by molar-refractivity contribution is 5.89. The zero-order valence-corrected chi connectivity index (χ0v) is 16.7. The Morgan fingerprint density at radius 2 is 2.00 bits per heavy atom. The van der Waals surface area contributed by atoms with Gasteiger partial charge in [-0.15, -0.1) is 0 Å². The number of imidazole rings is 1.